The zero-order chi connectivity index (χ0) is 22.7. The van der Waals surface area contributed by atoms with E-state index < -0.39 is 0 Å². The van der Waals surface area contributed by atoms with Crippen LogP contribution in [0, 0.1) is 18.3 Å². The molecule has 0 aliphatic carbocycles. The number of ether oxygens (including phenoxy) is 1. The van der Waals surface area contributed by atoms with Crippen molar-refractivity contribution in [3.05, 3.63) is 63.2 Å². The Kier molecular flexibility index (Phi) is 6.80. The number of nitrogens with zero attached hydrogens (tertiary/aromatic N) is 4. The molecule has 0 atom stereocenters. The molecule has 9 heteroatoms. The molecule has 1 fully saturated rings. The molecule has 1 saturated heterocycles. The molecular formula is C23H22BrClN6O. The number of nitriles is 1. The van der Waals surface area contributed by atoms with Crippen LogP contribution < -0.4 is 20.7 Å². The average Bonchev–Trinajstić information content (AvgIpc) is 2.79. The molecule has 0 bridgehead atoms. The summed E-state index contributed by atoms with van der Waals surface area (Å²) in [6, 6.07) is 13.3. The number of anilines is 3. The number of halogens is 2. The maximum Gasteiger partial charge on any atom is 0.238 e. The third-order valence-corrected chi connectivity index (χ3v) is 6.12. The second-order valence-electron chi connectivity index (χ2n) is 7.59. The second-order valence-corrected chi connectivity index (χ2v) is 8.85. The first-order valence-corrected chi connectivity index (χ1v) is 11.4. The smallest absolute Gasteiger partial charge is 0.238 e. The van der Waals surface area contributed by atoms with Gasteiger partial charge < -0.3 is 20.7 Å². The molecule has 0 amide bonds. The topological polar surface area (TPSA) is 100 Å². The molecule has 32 heavy (non-hydrogen) atoms. The van der Waals surface area contributed by atoms with Crippen LogP contribution in [-0.2, 0) is 0 Å². The Morgan fingerprint density at radius 1 is 1.28 bits per heavy atom. The highest BCUT2D eigenvalue weighted by atomic mass is 79.9. The molecule has 0 saturated carbocycles. The van der Waals surface area contributed by atoms with E-state index in [0.29, 0.717) is 38.3 Å². The molecule has 3 aromatic rings. The Bertz CT molecular complexity index is 1150. The van der Waals surface area contributed by atoms with Gasteiger partial charge in [-0.05, 0) is 84.7 Å². The fourth-order valence-electron chi connectivity index (χ4n) is 3.78. The lowest BCUT2D eigenvalue weighted by Gasteiger charge is -2.35. The van der Waals surface area contributed by atoms with Crippen LogP contribution >= 0.6 is 27.5 Å². The number of nitrogens with two attached hydrogens (primary N) is 1. The first kappa shape index (κ1) is 22.3. The van der Waals surface area contributed by atoms with Gasteiger partial charge in [0.15, 0.2) is 5.75 Å². The largest absolute Gasteiger partial charge is 0.436 e. The van der Waals surface area contributed by atoms with Gasteiger partial charge in [-0.1, -0.05) is 17.7 Å². The van der Waals surface area contributed by atoms with Gasteiger partial charge in [0.1, 0.15) is 0 Å². The Morgan fingerprint density at radius 2 is 2.06 bits per heavy atom. The Morgan fingerprint density at radius 3 is 2.75 bits per heavy atom. The number of hydrogen-bond acceptors (Lipinski definition) is 7. The maximum absolute atomic E-state index is 9.16. The molecule has 0 radical (unpaired) electrons. The summed E-state index contributed by atoms with van der Waals surface area (Å²) in [5.74, 6) is 1.31. The van der Waals surface area contributed by atoms with Crippen molar-refractivity contribution in [2.45, 2.75) is 25.8 Å². The molecule has 1 aliphatic heterocycles. The monoisotopic (exact) mass is 512 g/mol. The summed E-state index contributed by atoms with van der Waals surface area (Å²) >= 11 is 9.87. The highest BCUT2D eigenvalue weighted by Gasteiger charge is 2.26. The van der Waals surface area contributed by atoms with Gasteiger partial charge in [-0.25, -0.2) is 4.98 Å². The van der Waals surface area contributed by atoms with Crippen molar-refractivity contribution in [3.63, 3.8) is 0 Å². The van der Waals surface area contributed by atoms with Gasteiger partial charge in [0.05, 0.1) is 27.3 Å². The van der Waals surface area contributed by atoms with Gasteiger partial charge in [0.2, 0.25) is 11.8 Å². The van der Waals surface area contributed by atoms with Gasteiger partial charge in [-0.2, -0.15) is 10.2 Å². The lowest BCUT2D eigenvalue weighted by molar-refractivity contribution is 0.439. The fourth-order valence-corrected chi connectivity index (χ4v) is 4.36. The van der Waals surface area contributed by atoms with Crippen LogP contribution in [0.3, 0.4) is 0 Å². The van der Waals surface area contributed by atoms with Gasteiger partial charge >= 0.3 is 0 Å². The number of nitrogen functional groups attached to an aromatic ring is 1. The Hall–Kier alpha value is -2.86. The summed E-state index contributed by atoms with van der Waals surface area (Å²) < 4.78 is 6.70. The molecule has 1 aromatic heterocycles. The van der Waals surface area contributed by atoms with E-state index in [1.165, 1.54) is 0 Å². The zero-order valence-electron chi connectivity index (χ0n) is 17.5. The van der Waals surface area contributed by atoms with Crippen LogP contribution in [0.2, 0.25) is 5.02 Å². The van der Waals surface area contributed by atoms with Crippen LogP contribution in [0.25, 0.3) is 0 Å². The summed E-state index contributed by atoms with van der Waals surface area (Å²) in [7, 11) is 0. The van der Waals surface area contributed by atoms with E-state index in [4.69, 9.17) is 32.3 Å². The number of rotatable bonds is 5. The van der Waals surface area contributed by atoms with Crippen LogP contribution in [0.5, 0.6) is 11.6 Å². The fraction of sp³-hybridized carbons (Fsp3) is 0.261. The van der Waals surface area contributed by atoms with Crippen molar-refractivity contribution < 1.29 is 4.74 Å². The summed E-state index contributed by atoms with van der Waals surface area (Å²) in [5, 5.41) is 12.9. The maximum atomic E-state index is 9.16. The molecule has 164 valence electrons. The number of nitrogens with one attached hydrogen (secondary N) is 1. The highest BCUT2D eigenvalue weighted by Crippen LogP contribution is 2.38. The summed E-state index contributed by atoms with van der Waals surface area (Å²) in [6.07, 6.45) is 3.57. The molecule has 7 nitrogen and oxygen atoms in total. The van der Waals surface area contributed by atoms with Crippen LogP contribution in [0.1, 0.15) is 24.0 Å². The lowest BCUT2D eigenvalue weighted by atomic mass is 10.0. The number of benzene rings is 2. The minimum absolute atomic E-state index is 0.215. The quantitative estimate of drug-likeness (QED) is 0.444. The molecule has 0 spiro atoms. The van der Waals surface area contributed by atoms with E-state index in [9.17, 15) is 0 Å². The Balaban J connectivity index is 1.74. The van der Waals surface area contributed by atoms with Crippen molar-refractivity contribution in [3.8, 4) is 17.7 Å². The number of aromatic nitrogens is 2. The molecule has 4 rings (SSSR count). The van der Waals surface area contributed by atoms with Crippen molar-refractivity contribution in [1.29, 1.82) is 5.26 Å². The predicted molar refractivity (Wildman–Crippen MR) is 130 cm³/mol. The van der Waals surface area contributed by atoms with Crippen molar-refractivity contribution in [2.24, 2.45) is 0 Å². The minimum atomic E-state index is 0.215. The van der Waals surface area contributed by atoms with E-state index in [1.54, 1.807) is 18.3 Å². The first-order chi connectivity index (χ1) is 15.5. The third-order valence-electron chi connectivity index (χ3n) is 5.29. The molecule has 2 aromatic carbocycles. The first-order valence-electron chi connectivity index (χ1n) is 10.2. The van der Waals surface area contributed by atoms with Crippen molar-refractivity contribution in [1.82, 2.24) is 15.3 Å². The standard InChI is InChI=1S/C23H22BrClN6O/c1-14-9-15(12-26)10-20(25)21(14)32-22-19(24)13-29-23(30-22)31(17-5-7-28-8-6-17)18-4-2-3-16(27)11-18/h2-4,9-11,13,17,28H,5-8,27H2,1H3. The van der Waals surface area contributed by atoms with Crippen molar-refractivity contribution >= 4 is 44.9 Å². The van der Waals surface area contributed by atoms with Crippen LogP contribution in [0.4, 0.5) is 17.3 Å². The van der Waals surface area contributed by atoms with Crippen molar-refractivity contribution in [2.75, 3.05) is 23.7 Å². The summed E-state index contributed by atoms with van der Waals surface area (Å²) in [4.78, 5) is 11.4. The summed E-state index contributed by atoms with van der Waals surface area (Å²) in [6.45, 7) is 3.68. The number of piperidine rings is 1. The van der Waals surface area contributed by atoms with Gasteiger partial charge in [0.25, 0.3) is 0 Å². The number of hydrogen-bond donors (Lipinski definition) is 2. The molecule has 2 heterocycles. The SMILES string of the molecule is Cc1cc(C#N)cc(Cl)c1Oc1nc(N(c2cccc(N)c2)C2CCNCC2)ncc1Br. The predicted octanol–water partition coefficient (Wildman–Crippen LogP) is 5.34. The average molecular weight is 514 g/mol. The normalized spacial score (nSPS) is 14.1. The Labute approximate surface area is 200 Å². The van der Waals surface area contributed by atoms with E-state index in [2.05, 4.69) is 37.2 Å². The molecule has 3 N–H and O–H groups in total. The minimum Gasteiger partial charge on any atom is -0.436 e. The highest BCUT2D eigenvalue weighted by molar-refractivity contribution is 9.10. The second kappa shape index (κ2) is 9.74. The van der Waals surface area contributed by atoms with Crippen LogP contribution in [0.15, 0.2) is 47.1 Å². The van der Waals surface area contributed by atoms with E-state index >= 15 is 0 Å². The molecule has 1 aliphatic rings. The van der Waals surface area contributed by atoms with Gasteiger partial charge in [-0.15, -0.1) is 0 Å². The van der Waals surface area contributed by atoms with E-state index in [1.807, 2.05) is 31.2 Å². The van der Waals surface area contributed by atoms with Gasteiger partial charge in [-0.3, -0.25) is 0 Å². The lowest BCUT2D eigenvalue weighted by Crippen LogP contribution is -2.41. The van der Waals surface area contributed by atoms with E-state index in [0.717, 1.165) is 37.2 Å². The summed E-state index contributed by atoms with van der Waals surface area (Å²) in [5.41, 5.74) is 8.89. The third kappa shape index (κ3) is 4.80. The molecular weight excluding hydrogens is 492 g/mol. The number of aryl methyl sites for hydroxylation is 1. The zero-order valence-corrected chi connectivity index (χ0v) is 19.8. The molecule has 0 unspecified atom stereocenters. The van der Waals surface area contributed by atoms with E-state index in [-0.39, 0.29) is 6.04 Å². The van der Waals surface area contributed by atoms with Gasteiger partial charge in [0, 0.05) is 17.4 Å². The van der Waals surface area contributed by atoms with Crippen LogP contribution in [-0.4, -0.2) is 29.1 Å².